The van der Waals surface area contributed by atoms with Gasteiger partial charge in [0, 0.05) is 11.6 Å². The number of hydrogen-bond acceptors (Lipinski definition) is 3. The van der Waals surface area contributed by atoms with Crippen LogP contribution in [0.3, 0.4) is 0 Å². The maximum absolute atomic E-state index is 13.5. The van der Waals surface area contributed by atoms with Crippen LogP contribution in [0.4, 0.5) is 4.39 Å². The maximum Gasteiger partial charge on any atom is 0.243 e. The van der Waals surface area contributed by atoms with Crippen LogP contribution in [0.15, 0.2) is 53.4 Å². The van der Waals surface area contributed by atoms with E-state index in [0.717, 1.165) is 6.07 Å². The summed E-state index contributed by atoms with van der Waals surface area (Å²) in [5, 5.41) is 10.5. The predicted octanol–water partition coefficient (Wildman–Crippen LogP) is 2.88. The van der Waals surface area contributed by atoms with Crippen LogP contribution in [0.2, 0.25) is 5.02 Å². The molecule has 0 spiro atoms. The van der Waals surface area contributed by atoms with E-state index in [0.29, 0.717) is 10.6 Å². The lowest BCUT2D eigenvalue weighted by molar-refractivity contribution is 0.169. The Balaban J connectivity index is 1.97. The van der Waals surface area contributed by atoms with Gasteiger partial charge in [0.25, 0.3) is 0 Å². The Morgan fingerprint density at radius 3 is 2.59 bits per heavy atom. The third-order valence-corrected chi connectivity index (χ3v) is 4.80. The van der Waals surface area contributed by atoms with E-state index in [2.05, 4.69) is 4.72 Å². The molecule has 2 aromatic rings. The Morgan fingerprint density at radius 1 is 1.18 bits per heavy atom. The van der Waals surface area contributed by atoms with Gasteiger partial charge in [0.1, 0.15) is 10.7 Å². The Bertz CT molecular complexity index is 752. The van der Waals surface area contributed by atoms with Gasteiger partial charge in [-0.1, -0.05) is 35.9 Å². The van der Waals surface area contributed by atoms with Crippen molar-refractivity contribution >= 4 is 21.6 Å². The molecule has 2 rings (SSSR count). The maximum atomic E-state index is 13.5. The Kier molecular flexibility index (Phi) is 5.52. The normalized spacial score (nSPS) is 13.0. The van der Waals surface area contributed by atoms with Crippen molar-refractivity contribution < 1.29 is 17.9 Å². The molecule has 0 saturated heterocycles. The second kappa shape index (κ2) is 7.19. The molecule has 0 aliphatic heterocycles. The summed E-state index contributed by atoms with van der Waals surface area (Å²) in [6.45, 7) is -0.0235. The summed E-state index contributed by atoms with van der Waals surface area (Å²) in [6.07, 6.45) is -0.712. The number of hydrogen-bond donors (Lipinski definition) is 2. The van der Waals surface area contributed by atoms with Gasteiger partial charge in [-0.25, -0.2) is 17.5 Å². The minimum absolute atomic E-state index is 0.0235. The zero-order chi connectivity index (χ0) is 16.2. The quantitative estimate of drug-likeness (QED) is 0.847. The highest BCUT2D eigenvalue weighted by atomic mass is 35.5. The van der Waals surface area contributed by atoms with E-state index >= 15 is 0 Å². The third kappa shape index (κ3) is 4.27. The number of aliphatic hydroxyl groups is 1. The second-order valence-corrected chi connectivity index (χ2v) is 6.86. The standard InChI is InChI=1S/C15H15ClFNO3S/c16-12-5-3-4-11(10-12)14(19)8-9-18-22(20,21)15-7-2-1-6-13(15)17/h1-7,10,14,18-19H,8-9H2/t14-/m0/s1. The Hall–Kier alpha value is -1.47. The molecule has 7 heteroatoms. The van der Waals surface area contributed by atoms with Gasteiger partial charge in [0.05, 0.1) is 6.10 Å². The molecule has 0 saturated carbocycles. The van der Waals surface area contributed by atoms with Crippen LogP contribution in [0.5, 0.6) is 0 Å². The SMILES string of the molecule is O=S(=O)(NCC[C@H](O)c1cccc(Cl)c1)c1ccccc1F. The van der Waals surface area contributed by atoms with Crippen LogP contribution in [0, 0.1) is 5.82 Å². The molecule has 0 amide bonds. The van der Waals surface area contributed by atoms with Gasteiger partial charge in [-0.15, -0.1) is 0 Å². The first kappa shape index (κ1) is 16.9. The van der Waals surface area contributed by atoms with Crippen LogP contribution < -0.4 is 4.72 Å². The highest BCUT2D eigenvalue weighted by molar-refractivity contribution is 7.89. The van der Waals surface area contributed by atoms with Crippen molar-refractivity contribution in [1.82, 2.24) is 4.72 Å². The van der Waals surface area contributed by atoms with Crippen molar-refractivity contribution in [3.05, 3.63) is 64.9 Å². The van der Waals surface area contributed by atoms with E-state index in [1.54, 1.807) is 24.3 Å². The fourth-order valence-corrected chi connectivity index (χ4v) is 3.27. The molecular formula is C15H15ClFNO3S. The average Bonchev–Trinajstić information content (AvgIpc) is 2.47. The summed E-state index contributed by atoms with van der Waals surface area (Å²) in [7, 11) is -3.94. The van der Waals surface area contributed by atoms with Crippen molar-refractivity contribution in [1.29, 1.82) is 0 Å². The lowest BCUT2D eigenvalue weighted by Crippen LogP contribution is -2.26. The highest BCUT2D eigenvalue weighted by Crippen LogP contribution is 2.20. The van der Waals surface area contributed by atoms with Crippen molar-refractivity contribution in [2.45, 2.75) is 17.4 Å². The molecule has 1 atom stereocenters. The zero-order valence-electron chi connectivity index (χ0n) is 11.5. The van der Waals surface area contributed by atoms with E-state index in [1.807, 2.05) is 0 Å². The summed E-state index contributed by atoms with van der Waals surface area (Å²) in [4.78, 5) is -0.410. The van der Waals surface area contributed by atoms with Crippen LogP contribution >= 0.6 is 11.6 Å². The zero-order valence-corrected chi connectivity index (χ0v) is 13.1. The first-order valence-corrected chi connectivity index (χ1v) is 8.44. The average molecular weight is 344 g/mol. The molecule has 0 aliphatic rings. The van der Waals surface area contributed by atoms with Gasteiger partial charge in [-0.05, 0) is 36.2 Å². The molecule has 0 heterocycles. The van der Waals surface area contributed by atoms with Gasteiger partial charge in [-0.2, -0.15) is 0 Å². The number of sulfonamides is 1. The van der Waals surface area contributed by atoms with Crippen molar-refractivity contribution in [2.24, 2.45) is 0 Å². The van der Waals surface area contributed by atoms with E-state index in [9.17, 15) is 17.9 Å². The molecule has 2 N–H and O–H groups in total. The van der Waals surface area contributed by atoms with Gasteiger partial charge < -0.3 is 5.11 Å². The predicted molar refractivity (Wildman–Crippen MR) is 82.6 cm³/mol. The highest BCUT2D eigenvalue weighted by Gasteiger charge is 2.18. The molecule has 0 radical (unpaired) electrons. The van der Waals surface area contributed by atoms with Crippen molar-refractivity contribution in [3.63, 3.8) is 0 Å². The van der Waals surface area contributed by atoms with E-state index in [-0.39, 0.29) is 13.0 Å². The van der Waals surface area contributed by atoms with E-state index < -0.39 is 26.8 Å². The fraction of sp³-hybridized carbons (Fsp3) is 0.200. The molecule has 0 aliphatic carbocycles. The van der Waals surface area contributed by atoms with Gasteiger partial charge in [0.2, 0.25) is 10.0 Å². The number of halogens is 2. The molecule has 0 bridgehead atoms. The minimum Gasteiger partial charge on any atom is -0.388 e. The topological polar surface area (TPSA) is 66.4 Å². The molecule has 2 aromatic carbocycles. The molecular weight excluding hydrogens is 329 g/mol. The summed E-state index contributed by atoms with van der Waals surface area (Å²) in [5.74, 6) is -0.814. The van der Waals surface area contributed by atoms with Gasteiger partial charge >= 0.3 is 0 Å². The van der Waals surface area contributed by atoms with Crippen molar-refractivity contribution in [3.8, 4) is 0 Å². The fourth-order valence-electron chi connectivity index (χ4n) is 1.95. The molecule has 22 heavy (non-hydrogen) atoms. The Labute approximate surface area is 133 Å². The first-order valence-electron chi connectivity index (χ1n) is 6.58. The van der Waals surface area contributed by atoms with Crippen LogP contribution in [-0.4, -0.2) is 20.1 Å². The smallest absolute Gasteiger partial charge is 0.243 e. The molecule has 118 valence electrons. The summed E-state index contributed by atoms with van der Waals surface area (Å²) >= 11 is 5.83. The number of rotatable bonds is 6. The van der Waals surface area contributed by atoms with E-state index in [4.69, 9.17) is 11.6 Å². The van der Waals surface area contributed by atoms with Crippen molar-refractivity contribution in [2.75, 3.05) is 6.54 Å². The van der Waals surface area contributed by atoms with Crippen LogP contribution in [0.25, 0.3) is 0 Å². The first-order chi connectivity index (χ1) is 10.4. The number of benzene rings is 2. The number of nitrogens with one attached hydrogen (secondary N) is 1. The third-order valence-electron chi connectivity index (χ3n) is 3.07. The van der Waals surface area contributed by atoms with Gasteiger partial charge in [-0.3, -0.25) is 0 Å². The monoisotopic (exact) mass is 343 g/mol. The molecule has 4 nitrogen and oxygen atoms in total. The van der Waals surface area contributed by atoms with Gasteiger partial charge in [0.15, 0.2) is 0 Å². The lowest BCUT2D eigenvalue weighted by Gasteiger charge is -2.12. The Morgan fingerprint density at radius 2 is 1.91 bits per heavy atom. The molecule has 0 aromatic heterocycles. The van der Waals surface area contributed by atoms with Crippen LogP contribution in [0.1, 0.15) is 18.1 Å². The second-order valence-electron chi connectivity index (χ2n) is 4.69. The van der Waals surface area contributed by atoms with E-state index in [1.165, 1.54) is 18.2 Å². The van der Waals surface area contributed by atoms with Crippen LogP contribution in [-0.2, 0) is 10.0 Å². The number of aliphatic hydroxyl groups excluding tert-OH is 1. The summed E-state index contributed by atoms with van der Waals surface area (Å²) in [6, 6.07) is 11.8. The minimum atomic E-state index is -3.94. The summed E-state index contributed by atoms with van der Waals surface area (Å²) in [5.41, 5.74) is 0.595. The largest absolute Gasteiger partial charge is 0.388 e. The molecule has 0 fully saturated rings. The molecule has 0 unspecified atom stereocenters. The lowest BCUT2D eigenvalue weighted by atomic mass is 10.1. The summed E-state index contributed by atoms with van der Waals surface area (Å²) < 4.78 is 39.7.